The predicted octanol–water partition coefficient (Wildman–Crippen LogP) is 0.832. The van der Waals surface area contributed by atoms with Crippen LogP contribution < -0.4 is 11.5 Å². The van der Waals surface area contributed by atoms with E-state index in [1.54, 1.807) is 0 Å². The zero-order chi connectivity index (χ0) is 14.3. The number of aromatic amines is 1. The van der Waals surface area contributed by atoms with Gasteiger partial charge in [-0.15, -0.1) is 0 Å². The topological polar surface area (TPSA) is 122 Å². The van der Waals surface area contributed by atoms with Gasteiger partial charge in [-0.05, 0) is 23.9 Å². The van der Waals surface area contributed by atoms with Crippen LogP contribution in [0, 0.1) is 0 Å². The Morgan fingerprint density at radius 1 is 1.26 bits per heavy atom. The van der Waals surface area contributed by atoms with Crippen LogP contribution in [0.15, 0.2) is 36.5 Å². The number of para-hydroxylation sites is 1. The molecule has 19 heavy (non-hydrogen) atoms. The number of nitrogens with two attached hydrogens (primary N) is 2. The van der Waals surface area contributed by atoms with Crippen LogP contribution in [0.1, 0.15) is 12.8 Å². The minimum absolute atomic E-state index is 0.102. The zero-order valence-electron chi connectivity index (χ0n) is 10.4. The molecule has 0 fully saturated rings. The smallest absolute Gasteiger partial charge is 0.303 e. The van der Waals surface area contributed by atoms with Gasteiger partial charge in [-0.25, -0.2) is 0 Å². The third kappa shape index (κ3) is 5.22. The van der Waals surface area contributed by atoms with Gasteiger partial charge in [0.15, 0.2) is 0 Å². The summed E-state index contributed by atoms with van der Waals surface area (Å²) in [5.41, 5.74) is 11.1. The third-order valence-corrected chi connectivity index (χ3v) is 2.50. The summed E-state index contributed by atoms with van der Waals surface area (Å²) < 4.78 is 0. The SMILES string of the molecule is NC(=O)[C@@H](N)CCC(=O)O.c1ccc2[nH]ccc2c1. The molecule has 1 amide bonds. The van der Waals surface area contributed by atoms with Crippen molar-refractivity contribution in [1.82, 2.24) is 4.98 Å². The van der Waals surface area contributed by atoms with Crippen molar-refractivity contribution < 1.29 is 14.7 Å². The molecule has 6 heteroatoms. The lowest BCUT2D eigenvalue weighted by Crippen LogP contribution is -2.36. The average Bonchev–Trinajstić information content (AvgIpc) is 2.84. The minimum Gasteiger partial charge on any atom is -0.481 e. The van der Waals surface area contributed by atoms with Crippen molar-refractivity contribution in [1.29, 1.82) is 0 Å². The summed E-state index contributed by atoms with van der Waals surface area (Å²) in [5.74, 6) is -1.64. The molecule has 0 spiro atoms. The number of primary amides is 1. The van der Waals surface area contributed by atoms with Crippen LogP contribution in [0.25, 0.3) is 10.9 Å². The molecule has 0 aliphatic rings. The molecule has 1 atom stereocenters. The number of amides is 1. The highest BCUT2D eigenvalue weighted by molar-refractivity contribution is 5.80. The lowest BCUT2D eigenvalue weighted by molar-refractivity contribution is -0.137. The molecule has 0 aliphatic heterocycles. The van der Waals surface area contributed by atoms with Gasteiger partial charge in [-0.3, -0.25) is 9.59 Å². The van der Waals surface area contributed by atoms with Crippen LogP contribution >= 0.6 is 0 Å². The van der Waals surface area contributed by atoms with E-state index in [2.05, 4.69) is 23.2 Å². The number of carboxylic acids is 1. The molecule has 2 rings (SSSR count). The van der Waals surface area contributed by atoms with Gasteiger partial charge in [0.2, 0.25) is 5.91 Å². The maximum Gasteiger partial charge on any atom is 0.303 e. The highest BCUT2D eigenvalue weighted by Crippen LogP contribution is 2.09. The molecule has 0 aliphatic carbocycles. The van der Waals surface area contributed by atoms with Crippen LogP contribution in [0.5, 0.6) is 0 Å². The van der Waals surface area contributed by atoms with Crippen LogP contribution in [0.3, 0.4) is 0 Å². The second kappa shape index (κ2) is 7.17. The van der Waals surface area contributed by atoms with E-state index in [0.717, 1.165) is 0 Å². The number of carbonyl (C=O) groups is 2. The Hall–Kier alpha value is -2.34. The molecule has 0 saturated carbocycles. The van der Waals surface area contributed by atoms with Gasteiger partial charge < -0.3 is 21.6 Å². The Morgan fingerprint density at radius 2 is 1.95 bits per heavy atom. The summed E-state index contributed by atoms with van der Waals surface area (Å²) in [6.07, 6.45) is 1.93. The number of aliphatic carboxylic acids is 1. The number of aromatic nitrogens is 1. The third-order valence-electron chi connectivity index (χ3n) is 2.50. The van der Waals surface area contributed by atoms with E-state index in [1.165, 1.54) is 10.9 Å². The molecule has 6 nitrogen and oxygen atoms in total. The zero-order valence-corrected chi connectivity index (χ0v) is 10.4. The van der Waals surface area contributed by atoms with Crippen molar-refractivity contribution in [2.75, 3.05) is 0 Å². The molecule has 1 aromatic heterocycles. The van der Waals surface area contributed by atoms with E-state index in [9.17, 15) is 9.59 Å². The second-order valence-electron chi connectivity index (χ2n) is 4.01. The fourth-order valence-corrected chi connectivity index (χ4v) is 1.42. The quantitative estimate of drug-likeness (QED) is 0.652. The fourth-order valence-electron chi connectivity index (χ4n) is 1.42. The number of carboxylic acid groups (broad SMARTS) is 1. The number of benzene rings is 1. The van der Waals surface area contributed by atoms with Crippen molar-refractivity contribution in [2.45, 2.75) is 18.9 Å². The molecule has 1 heterocycles. The van der Waals surface area contributed by atoms with Gasteiger partial charge in [-0.2, -0.15) is 0 Å². The molecule has 0 bridgehead atoms. The molecule has 6 N–H and O–H groups in total. The van der Waals surface area contributed by atoms with E-state index in [0.29, 0.717) is 0 Å². The maximum absolute atomic E-state index is 10.2. The van der Waals surface area contributed by atoms with Gasteiger partial charge in [0, 0.05) is 18.1 Å². The standard InChI is InChI=1S/C8H7N.C5H10N2O3/c1-2-4-8-7(3-1)5-6-9-8;6-3(5(7)10)1-2-4(8)9/h1-6,9H;3H,1-2,6H2,(H2,7,10)(H,8,9)/t;3-/m.0/s1. The summed E-state index contributed by atoms with van der Waals surface area (Å²) in [6.45, 7) is 0. The summed E-state index contributed by atoms with van der Waals surface area (Å²) in [5, 5.41) is 9.41. The first kappa shape index (κ1) is 14.7. The molecular weight excluding hydrogens is 246 g/mol. The Labute approximate surface area is 110 Å². The Balaban J connectivity index is 0.000000190. The van der Waals surface area contributed by atoms with Crippen LogP contribution in [-0.2, 0) is 9.59 Å². The Morgan fingerprint density at radius 3 is 2.53 bits per heavy atom. The van der Waals surface area contributed by atoms with Crippen molar-refractivity contribution in [3.8, 4) is 0 Å². The van der Waals surface area contributed by atoms with Crippen molar-refractivity contribution in [3.63, 3.8) is 0 Å². The number of hydrogen-bond donors (Lipinski definition) is 4. The molecule has 0 saturated heterocycles. The van der Waals surface area contributed by atoms with E-state index in [-0.39, 0.29) is 12.8 Å². The Bertz CT molecular complexity index is 521. The van der Waals surface area contributed by atoms with Crippen LogP contribution in [0.2, 0.25) is 0 Å². The Kier molecular flexibility index (Phi) is 5.56. The maximum atomic E-state index is 10.2. The molecular formula is C13H17N3O3. The number of carbonyl (C=O) groups excluding carboxylic acids is 1. The average molecular weight is 263 g/mol. The first-order valence-electron chi connectivity index (χ1n) is 5.79. The second-order valence-corrected chi connectivity index (χ2v) is 4.01. The summed E-state index contributed by atoms with van der Waals surface area (Å²) in [4.78, 5) is 23.3. The molecule has 0 radical (unpaired) electrons. The van der Waals surface area contributed by atoms with Crippen molar-refractivity contribution in [3.05, 3.63) is 36.5 Å². The lowest BCUT2D eigenvalue weighted by atomic mass is 10.1. The lowest BCUT2D eigenvalue weighted by Gasteiger charge is -2.02. The van der Waals surface area contributed by atoms with E-state index < -0.39 is 17.9 Å². The first-order chi connectivity index (χ1) is 9.00. The summed E-state index contributed by atoms with van der Waals surface area (Å²) >= 11 is 0. The first-order valence-corrected chi connectivity index (χ1v) is 5.79. The van der Waals surface area contributed by atoms with Crippen LogP contribution in [-0.4, -0.2) is 28.0 Å². The molecule has 0 unspecified atom stereocenters. The fraction of sp³-hybridized carbons (Fsp3) is 0.231. The highest BCUT2D eigenvalue weighted by atomic mass is 16.4. The van der Waals surface area contributed by atoms with Gasteiger partial charge in [-0.1, -0.05) is 18.2 Å². The van der Waals surface area contributed by atoms with Crippen molar-refractivity contribution in [2.24, 2.45) is 11.5 Å². The highest BCUT2D eigenvalue weighted by Gasteiger charge is 2.10. The summed E-state index contributed by atoms with van der Waals surface area (Å²) in [7, 11) is 0. The molecule has 1 aromatic carbocycles. The minimum atomic E-state index is -0.975. The largest absolute Gasteiger partial charge is 0.481 e. The van der Waals surface area contributed by atoms with Gasteiger partial charge in [0.25, 0.3) is 0 Å². The van der Waals surface area contributed by atoms with E-state index >= 15 is 0 Å². The number of rotatable bonds is 4. The van der Waals surface area contributed by atoms with Crippen LogP contribution in [0.4, 0.5) is 0 Å². The number of H-pyrrole nitrogens is 1. The van der Waals surface area contributed by atoms with E-state index in [1.807, 2.05) is 18.3 Å². The number of fused-ring (bicyclic) bond motifs is 1. The predicted molar refractivity (Wildman–Crippen MR) is 72.3 cm³/mol. The molecule has 2 aromatic rings. The van der Waals surface area contributed by atoms with Crippen molar-refractivity contribution >= 4 is 22.8 Å². The van der Waals surface area contributed by atoms with Gasteiger partial charge in [0.05, 0.1) is 6.04 Å². The monoisotopic (exact) mass is 263 g/mol. The number of nitrogens with one attached hydrogen (secondary N) is 1. The summed E-state index contributed by atoms with van der Waals surface area (Å²) in [6, 6.07) is 9.45. The van der Waals surface area contributed by atoms with E-state index in [4.69, 9.17) is 16.6 Å². The molecule has 102 valence electrons. The number of hydrogen-bond acceptors (Lipinski definition) is 3. The van der Waals surface area contributed by atoms with Gasteiger partial charge in [0.1, 0.15) is 0 Å². The normalized spacial score (nSPS) is 11.4. The van der Waals surface area contributed by atoms with Gasteiger partial charge >= 0.3 is 5.97 Å².